The van der Waals surface area contributed by atoms with Crippen LogP contribution in [-0.4, -0.2) is 48.6 Å². The van der Waals surface area contributed by atoms with Crippen LogP contribution in [0, 0.1) is 19.7 Å². The summed E-state index contributed by atoms with van der Waals surface area (Å²) in [6, 6.07) is 8.52. The Morgan fingerprint density at radius 2 is 1.90 bits per heavy atom. The van der Waals surface area contributed by atoms with E-state index in [0.717, 1.165) is 23.0 Å². The number of nitrogens with one attached hydrogen (secondary N) is 3. The van der Waals surface area contributed by atoms with Gasteiger partial charge in [0.25, 0.3) is 5.91 Å². The summed E-state index contributed by atoms with van der Waals surface area (Å²) in [4.78, 5) is 22.3. The molecular weight excluding hydrogens is 518 g/mol. The number of nitrogens with zero attached hydrogens (tertiary/aromatic N) is 5. The number of methoxy groups -OCH3 is 1. The Morgan fingerprint density at radius 3 is 2.50 bits per heavy atom. The zero-order valence-electron chi connectivity index (χ0n) is 22.8. The molecule has 0 aromatic carbocycles. The van der Waals surface area contributed by atoms with Gasteiger partial charge >= 0.3 is 0 Å². The van der Waals surface area contributed by atoms with E-state index in [1.54, 1.807) is 24.4 Å². The lowest BCUT2D eigenvalue weighted by Crippen LogP contribution is -2.52. The van der Waals surface area contributed by atoms with Gasteiger partial charge in [-0.2, -0.15) is 10.2 Å². The van der Waals surface area contributed by atoms with Gasteiger partial charge in [0.2, 0.25) is 0 Å². The molecule has 0 bridgehead atoms. The first-order valence-electron chi connectivity index (χ1n) is 13.1. The predicted molar refractivity (Wildman–Crippen MR) is 144 cm³/mol. The number of aromatic amines is 1. The molecule has 1 fully saturated rings. The summed E-state index contributed by atoms with van der Waals surface area (Å²) in [6.07, 6.45) is 4.48. The monoisotopic (exact) mass is 550 g/mol. The zero-order chi connectivity index (χ0) is 28.5. The third-order valence-corrected chi connectivity index (χ3v) is 7.45. The second-order valence-corrected chi connectivity index (χ2v) is 10.4. The molecule has 0 unspecified atom stereocenters. The van der Waals surface area contributed by atoms with Crippen molar-refractivity contribution in [2.75, 3.05) is 12.4 Å². The van der Waals surface area contributed by atoms with Gasteiger partial charge in [-0.1, -0.05) is 6.07 Å². The molecule has 1 saturated carbocycles. The van der Waals surface area contributed by atoms with Gasteiger partial charge in [-0.3, -0.25) is 9.89 Å². The fourth-order valence-corrected chi connectivity index (χ4v) is 5.03. The second kappa shape index (κ2) is 10.8. The molecule has 40 heavy (non-hydrogen) atoms. The van der Waals surface area contributed by atoms with E-state index in [-0.39, 0.29) is 37.6 Å². The van der Waals surface area contributed by atoms with E-state index in [9.17, 15) is 9.18 Å². The molecule has 4 heterocycles. The summed E-state index contributed by atoms with van der Waals surface area (Å²) in [5, 5.41) is 17.0. The van der Waals surface area contributed by atoms with Crippen molar-refractivity contribution in [3.05, 3.63) is 77.3 Å². The van der Waals surface area contributed by atoms with E-state index in [2.05, 4.69) is 35.9 Å². The minimum absolute atomic E-state index is 0.0801. The highest BCUT2D eigenvalue weighted by Crippen LogP contribution is 2.45. The number of pyridine rings is 2. The van der Waals surface area contributed by atoms with Crippen LogP contribution in [0.15, 0.2) is 48.9 Å². The van der Waals surface area contributed by atoms with Crippen molar-refractivity contribution in [2.45, 2.75) is 63.8 Å². The summed E-state index contributed by atoms with van der Waals surface area (Å²) < 4.78 is 36.6. The van der Waals surface area contributed by atoms with E-state index in [1.807, 2.05) is 32.9 Å². The third-order valence-electron chi connectivity index (χ3n) is 7.45. The number of carbonyl (C=O) groups is 1. The van der Waals surface area contributed by atoms with Crippen molar-refractivity contribution >= 4 is 17.5 Å². The van der Waals surface area contributed by atoms with E-state index < -0.39 is 17.1 Å². The standard InChI is InChI=1S/C28H32F2N8O2/c1-17-11-22(34-23(12-17)35-24-13-18(2)36-37-24)27(30)7-9-28(40-4,10-8-27)26(39)33-19(3)20-5-6-25(31-14-20)38-16-21(29)15-32-38/h5-6,11-16,19H,7-10H2,1-4H3,(H,33,39)(H2,34,35,36,37)/t19-,27?,28?/m0/s1. The number of H-pyrrole nitrogens is 1. The van der Waals surface area contributed by atoms with Crippen molar-refractivity contribution in [1.82, 2.24) is 35.3 Å². The number of hydrogen-bond acceptors (Lipinski definition) is 7. The SMILES string of the molecule is COC1(C(=O)N[C@@H](C)c2ccc(-n3cc(F)cn3)nc2)CCC(F)(c2cc(C)cc(Nc3cc(C)[nH]n3)n2)CC1. The lowest BCUT2D eigenvalue weighted by atomic mass is 9.74. The first-order valence-corrected chi connectivity index (χ1v) is 13.1. The zero-order valence-corrected chi connectivity index (χ0v) is 22.8. The Bertz CT molecular complexity index is 1490. The van der Waals surface area contributed by atoms with Gasteiger partial charge in [0.1, 0.15) is 11.4 Å². The van der Waals surface area contributed by atoms with Crippen LogP contribution in [0.2, 0.25) is 0 Å². The molecule has 10 nitrogen and oxygen atoms in total. The Hall–Kier alpha value is -4.19. The van der Waals surface area contributed by atoms with E-state index in [0.29, 0.717) is 23.1 Å². The number of halogens is 2. The Kier molecular flexibility index (Phi) is 7.37. The molecular formula is C28H32F2N8O2. The number of ether oxygens (including phenoxy) is 1. The van der Waals surface area contributed by atoms with Crippen molar-refractivity contribution in [2.24, 2.45) is 0 Å². The van der Waals surface area contributed by atoms with Gasteiger partial charge in [0.05, 0.1) is 24.1 Å². The lowest BCUT2D eigenvalue weighted by Gasteiger charge is -2.41. The molecule has 0 saturated heterocycles. The van der Waals surface area contributed by atoms with E-state index in [4.69, 9.17) is 4.74 Å². The molecule has 1 atom stereocenters. The topological polar surface area (TPSA) is 123 Å². The van der Waals surface area contributed by atoms with Crippen LogP contribution in [0.25, 0.3) is 5.82 Å². The molecule has 1 amide bonds. The summed E-state index contributed by atoms with van der Waals surface area (Å²) in [5.74, 6) is 0.791. The van der Waals surface area contributed by atoms with Gasteiger partial charge in [0.15, 0.2) is 23.1 Å². The van der Waals surface area contributed by atoms with Crippen LogP contribution in [0.1, 0.15) is 61.2 Å². The normalized spacial score (nSPS) is 21.6. The molecule has 0 radical (unpaired) electrons. The molecule has 0 aliphatic heterocycles. The largest absolute Gasteiger partial charge is 0.368 e. The van der Waals surface area contributed by atoms with Crippen molar-refractivity contribution in [1.29, 1.82) is 0 Å². The van der Waals surface area contributed by atoms with E-state index in [1.165, 1.54) is 18.0 Å². The number of amides is 1. The molecule has 0 spiro atoms. The maximum atomic E-state index is 16.3. The second-order valence-electron chi connectivity index (χ2n) is 10.4. The van der Waals surface area contributed by atoms with Crippen molar-refractivity contribution < 1.29 is 18.3 Å². The van der Waals surface area contributed by atoms with Crippen LogP contribution in [0.3, 0.4) is 0 Å². The van der Waals surface area contributed by atoms with Crippen LogP contribution in [-0.2, 0) is 15.2 Å². The summed E-state index contributed by atoms with van der Waals surface area (Å²) in [6.45, 7) is 5.62. The van der Waals surface area contributed by atoms with Gasteiger partial charge in [-0.15, -0.1) is 0 Å². The molecule has 1 aliphatic carbocycles. The predicted octanol–water partition coefficient (Wildman–Crippen LogP) is 4.89. The highest BCUT2D eigenvalue weighted by molar-refractivity contribution is 5.85. The first kappa shape index (κ1) is 27.4. The van der Waals surface area contributed by atoms with E-state index >= 15 is 4.39 Å². The molecule has 1 aliphatic rings. The van der Waals surface area contributed by atoms with Crippen LogP contribution >= 0.6 is 0 Å². The fourth-order valence-electron chi connectivity index (χ4n) is 5.03. The Morgan fingerprint density at radius 1 is 1.12 bits per heavy atom. The fraction of sp³-hybridized carbons (Fsp3) is 0.393. The molecule has 4 aromatic rings. The highest BCUT2D eigenvalue weighted by Gasteiger charge is 2.49. The van der Waals surface area contributed by atoms with Crippen LogP contribution in [0.5, 0.6) is 0 Å². The van der Waals surface area contributed by atoms with Crippen molar-refractivity contribution in [3.8, 4) is 5.82 Å². The molecule has 5 rings (SSSR count). The Labute approximate surface area is 230 Å². The smallest absolute Gasteiger partial charge is 0.252 e. The molecule has 210 valence electrons. The first-order chi connectivity index (χ1) is 19.1. The minimum atomic E-state index is -1.70. The van der Waals surface area contributed by atoms with Gasteiger partial charge in [-0.25, -0.2) is 23.4 Å². The number of alkyl halides is 1. The number of aryl methyl sites for hydroxylation is 2. The van der Waals surface area contributed by atoms with Gasteiger partial charge in [-0.05, 0) is 75.8 Å². The quantitative estimate of drug-likeness (QED) is 0.286. The number of rotatable bonds is 8. The third kappa shape index (κ3) is 5.57. The average molecular weight is 551 g/mol. The maximum Gasteiger partial charge on any atom is 0.252 e. The molecule has 4 aromatic heterocycles. The van der Waals surface area contributed by atoms with Crippen molar-refractivity contribution in [3.63, 3.8) is 0 Å². The maximum absolute atomic E-state index is 16.3. The number of aromatic nitrogens is 6. The Balaban J connectivity index is 1.25. The number of carbonyl (C=O) groups excluding carboxylic acids is 1. The number of anilines is 2. The summed E-state index contributed by atoms with van der Waals surface area (Å²) >= 11 is 0. The van der Waals surface area contributed by atoms with Gasteiger partial charge < -0.3 is 15.4 Å². The van der Waals surface area contributed by atoms with Gasteiger partial charge in [0, 0.05) is 25.1 Å². The van der Waals surface area contributed by atoms with Crippen LogP contribution in [0.4, 0.5) is 20.4 Å². The minimum Gasteiger partial charge on any atom is -0.368 e. The highest BCUT2D eigenvalue weighted by atomic mass is 19.1. The molecule has 3 N–H and O–H groups in total. The average Bonchev–Trinajstić information content (AvgIpc) is 3.56. The lowest BCUT2D eigenvalue weighted by molar-refractivity contribution is -0.153. The number of hydrogen-bond donors (Lipinski definition) is 3. The summed E-state index contributed by atoms with van der Waals surface area (Å²) in [5.41, 5.74) is -0.0338. The van der Waals surface area contributed by atoms with Crippen LogP contribution < -0.4 is 10.6 Å². The summed E-state index contributed by atoms with van der Waals surface area (Å²) in [7, 11) is 1.48. The molecule has 12 heteroatoms.